The summed E-state index contributed by atoms with van der Waals surface area (Å²) in [4.78, 5) is 57.1. The van der Waals surface area contributed by atoms with E-state index in [0.29, 0.717) is 35.2 Å². The van der Waals surface area contributed by atoms with Crippen LogP contribution in [0.2, 0.25) is 5.02 Å². The highest BCUT2D eigenvalue weighted by Crippen LogP contribution is 2.18. The minimum atomic E-state index is -2.74. The molecule has 13 nitrogen and oxygen atoms in total. The van der Waals surface area contributed by atoms with Crippen molar-refractivity contribution in [3.05, 3.63) is 59.1 Å². The maximum absolute atomic E-state index is 12.3. The first-order valence-electron chi connectivity index (χ1n) is 12.8. The summed E-state index contributed by atoms with van der Waals surface area (Å²) in [5, 5.41) is 37.2. The van der Waals surface area contributed by atoms with Gasteiger partial charge >= 0.3 is 23.9 Å². The van der Waals surface area contributed by atoms with Crippen molar-refractivity contribution in [3.8, 4) is 5.75 Å². The van der Waals surface area contributed by atoms with E-state index in [1.165, 1.54) is 0 Å². The zero-order chi connectivity index (χ0) is 31.9. The van der Waals surface area contributed by atoms with Crippen LogP contribution in [0.4, 0.5) is 5.69 Å². The molecule has 0 fully saturated rings. The van der Waals surface area contributed by atoms with Gasteiger partial charge in [0.15, 0.2) is 11.7 Å². The molecule has 2 aromatic rings. The van der Waals surface area contributed by atoms with Crippen molar-refractivity contribution < 1.29 is 53.9 Å². The predicted molar refractivity (Wildman–Crippen MR) is 152 cm³/mol. The molecular weight excluding hydrogens is 576 g/mol. The second-order valence-electron chi connectivity index (χ2n) is 8.92. The molecule has 230 valence electrons. The highest BCUT2D eigenvalue weighted by molar-refractivity contribution is 6.30. The summed E-state index contributed by atoms with van der Waals surface area (Å²) in [6.45, 7) is 8.69. The van der Waals surface area contributed by atoms with Gasteiger partial charge in [-0.2, -0.15) is 0 Å². The molecule has 0 saturated carbocycles. The molecule has 0 aliphatic carbocycles. The lowest BCUT2D eigenvalue weighted by molar-refractivity contribution is -0.170. The van der Waals surface area contributed by atoms with Gasteiger partial charge in [0, 0.05) is 17.3 Å². The molecule has 1 atom stereocenters. The van der Waals surface area contributed by atoms with Crippen LogP contribution >= 0.6 is 11.6 Å². The van der Waals surface area contributed by atoms with Crippen LogP contribution in [0.25, 0.3) is 0 Å². The highest BCUT2D eigenvalue weighted by Gasteiger charge is 2.40. The molecule has 42 heavy (non-hydrogen) atoms. The van der Waals surface area contributed by atoms with Crippen molar-refractivity contribution in [3.63, 3.8) is 0 Å². The number of aliphatic carboxylic acids is 3. The molecule has 1 unspecified atom stereocenters. The first kappa shape index (κ1) is 35.8. The van der Waals surface area contributed by atoms with Crippen LogP contribution in [0.5, 0.6) is 5.75 Å². The molecule has 0 radical (unpaired) electrons. The Morgan fingerprint density at radius 2 is 1.43 bits per heavy atom. The van der Waals surface area contributed by atoms with Gasteiger partial charge in [0.1, 0.15) is 12.4 Å². The Balaban J connectivity index is 0.000000572. The number of benzene rings is 2. The summed E-state index contributed by atoms with van der Waals surface area (Å²) >= 11 is 5.84. The van der Waals surface area contributed by atoms with Crippen molar-refractivity contribution in [1.29, 1.82) is 0 Å². The van der Waals surface area contributed by atoms with Crippen LogP contribution in [0.1, 0.15) is 44.0 Å². The molecule has 0 spiro atoms. The van der Waals surface area contributed by atoms with Gasteiger partial charge in [-0.25, -0.2) is 9.59 Å². The van der Waals surface area contributed by atoms with E-state index in [1.807, 2.05) is 0 Å². The Hall–Kier alpha value is -4.20. The lowest BCUT2D eigenvalue weighted by atomic mass is 9.96. The van der Waals surface area contributed by atoms with Gasteiger partial charge in [0.25, 0.3) is 5.91 Å². The van der Waals surface area contributed by atoms with Gasteiger partial charge in [-0.15, -0.1) is 0 Å². The summed E-state index contributed by atoms with van der Waals surface area (Å²) in [7, 11) is 0. The monoisotopic (exact) mass is 610 g/mol. The van der Waals surface area contributed by atoms with E-state index in [0.717, 1.165) is 13.1 Å². The molecule has 2 aromatic carbocycles. The second-order valence-corrected chi connectivity index (χ2v) is 9.36. The van der Waals surface area contributed by atoms with E-state index in [9.17, 15) is 24.0 Å². The molecule has 14 heteroatoms. The molecule has 0 bridgehead atoms. The van der Waals surface area contributed by atoms with Crippen LogP contribution in [0, 0.1) is 0 Å². The van der Waals surface area contributed by atoms with Crippen molar-refractivity contribution in [2.75, 3.05) is 31.6 Å². The molecule has 1 amide bonds. The van der Waals surface area contributed by atoms with Gasteiger partial charge in [0.2, 0.25) is 0 Å². The Labute approximate surface area is 247 Å². The van der Waals surface area contributed by atoms with E-state index in [-0.39, 0.29) is 11.9 Å². The first-order valence-corrected chi connectivity index (χ1v) is 13.2. The third-order valence-electron chi connectivity index (χ3n) is 5.70. The normalized spacial score (nSPS) is 11.5. The number of carboxylic acid groups (broad SMARTS) is 3. The molecule has 0 heterocycles. The van der Waals surface area contributed by atoms with Crippen molar-refractivity contribution in [1.82, 2.24) is 4.90 Å². The minimum absolute atomic E-state index is 0.297. The average Bonchev–Trinajstić information content (AvgIpc) is 2.92. The number of halogens is 1. The van der Waals surface area contributed by atoms with E-state index in [4.69, 9.17) is 41.5 Å². The van der Waals surface area contributed by atoms with E-state index in [1.54, 1.807) is 55.5 Å². The smallest absolute Gasteiger partial charge is 0.338 e. The van der Waals surface area contributed by atoms with E-state index >= 15 is 0 Å². The van der Waals surface area contributed by atoms with Gasteiger partial charge < -0.3 is 40.1 Å². The quantitative estimate of drug-likeness (QED) is 0.185. The molecule has 0 saturated heterocycles. The molecule has 0 aromatic heterocycles. The summed E-state index contributed by atoms with van der Waals surface area (Å²) in [5.74, 6) is -5.14. The molecule has 0 aliphatic rings. The maximum Gasteiger partial charge on any atom is 0.338 e. The molecular formula is C28H35ClN2O11. The van der Waals surface area contributed by atoms with Crippen molar-refractivity contribution in [2.45, 2.75) is 45.3 Å². The zero-order valence-electron chi connectivity index (χ0n) is 23.4. The molecule has 2 rings (SSSR count). The lowest BCUT2D eigenvalue weighted by Crippen LogP contribution is -2.42. The largest absolute Gasteiger partial charge is 0.481 e. The van der Waals surface area contributed by atoms with E-state index in [2.05, 4.69) is 24.1 Å². The number of likely N-dealkylation sites (N-methyl/N-ethyl adjacent to an activating group) is 1. The SMILES string of the molecule is CCN(CC)CCOC(=O)c1ccc(NC(=O)C(C)Oc2ccc(Cl)cc2)cc1.O=C(O)CC(O)(CC(=O)O)C(=O)O. The molecule has 0 aliphatic heterocycles. The summed E-state index contributed by atoms with van der Waals surface area (Å²) < 4.78 is 10.9. The van der Waals surface area contributed by atoms with Crippen LogP contribution < -0.4 is 10.1 Å². The van der Waals surface area contributed by atoms with E-state index < -0.39 is 42.5 Å². The number of nitrogens with one attached hydrogen (secondary N) is 1. The number of amides is 1. The zero-order valence-corrected chi connectivity index (χ0v) is 24.2. The van der Waals surface area contributed by atoms with Crippen molar-refractivity contribution in [2.24, 2.45) is 0 Å². The number of ether oxygens (including phenoxy) is 2. The maximum atomic E-state index is 12.3. The Morgan fingerprint density at radius 1 is 0.905 bits per heavy atom. The lowest BCUT2D eigenvalue weighted by Gasteiger charge is -2.18. The van der Waals surface area contributed by atoms with Crippen molar-refractivity contribution >= 4 is 47.1 Å². The number of carbonyl (C=O) groups excluding carboxylic acids is 2. The number of carboxylic acids is 3. The number of carbonyl (C=O) groups is 5. The Kier molecular flexibility index (Phi) is 15.0. The number of rotatable bonds is 15. The van der Waals surface area contributed by atoms with Gasteiger partial charge in [0.05, 0.1) is 18.4 Å². The summed E-state index contributed by atoms with van der Waals surface area (Å²) in [5.41, 5.74) is -1.73. The Morgan fingerprint density at radius 3 is 1.88 bits per heavy atom. The topological polar surface area (TPSA) is 200 Å². The van der Waals surface area contributed by atoms with Gasteiger partial charge in [-0.3, -0.25) is 14.4 Å². The third kappa shape index (κ3) is 13.0. The number of aliphatic hydroxyl groups is 1. The predicted octanol–water partition coefficient (Wildman–Crippen LogP) is 3.00. The standard InChI is InChI=1S/C22H27ClN2O4.C6H8O7/c1-4-25(5-2)14-15-28-22(27)17-6-10-19(11-7-17)24-21(26)16(3)29-20-12-8-18(23)9-13-20;7-3(8)1-6(13,5(11)12)2-4(9)10/h6-13,16H,4-5,14-15H2,1-3H3,(H,24,26);13H,1-2H2,(H,7,8)(H,9,10)(H,11,12). The fraction of sp³-hybridized carbons (Fsp3) is 0.393. The van der Waals surface area contributed by atoms with Crippen LogP contribution in [0.15, 0.2) is 48.5 Å². The minimum Gasteiger partial charge on any atom is -0.481 e. The van der Waals surface area contributed by atoms with Crippen LogP contribution in [0.3, 0.4) is 0 Å². The summed E-state index contributed by atoms with van der Waals surface area (Å²) in [6, 6.07) is 13.4. The second kappa shape index (κ2) is 17.6. The van der Waals surface area contributed by atoms with Gasteiger partial charge in [-0.05, 0) is 68.5 Å². The number of hydrogen-bond acceptors (Lipinski definition) is 9. The highest BCUT2D eigenvalue weighted by atomic mass is 35.5. The first-order chi connectivity index (χ1) is 19.7. The summed E-state index contributed by atoms with van der Waals surface area (Å²) in [6.07, 6.45) is -2.98. The number of esters is 1. The fourth-order valence-corrected chi connectivity index (χ4v) is 3.44. The number of nitrogens with zero attached hydrogens (tertiary/aromatic N) is 1. The Bertz CT molecular complexity index is 1180. The molecule has 5 N–H and O–H groups in total. The third-order valence-corrected chi connectivity index (χ3v) is 5.96. The average molecular weight is 611 g/mol. The fourth-order valence-electron chi connectivity index (χ4n) is 3.31. The van der Waals surface area contributed by atoms with Gasteiger partial charge in [-0.1, -0.05) is 25.4 Å². The number of hydrogen-bond donors (Lipinski definition) is 5. The van der Waals surface area contributed by atoms with Crippen LogP contribution in [-0.4, -0.2) is 93.1 Å². The van der Waals surface area contributed by atoms with Crippen LogP contribution in [-0.2, 0) is 23.9 Å². The number of anilines is 1.